The highest BCUT2D eigenvalue weighted by molar-refractivity contribution is 7.10. The topological polar surface area (TPSA) is 46.3 Å². The number of carbonyl (C=O) groups excluding carboxylic acids is 1. The van der Waals surface area contributed by atoms with Crippen LogP contribution in [0.5, 0.6) is 0 Å². The highest BCUT2D eigenvalue weighted by Crippen LogP contribution is 2.18. The molecular weight excluding hydrogens is 288 g/mol. The zero-order valence-corrected chi connectivity index (χ0v) is 13.3. The largest absolute Gasteiger partial charge is 0.332 e. The minimum Gasteiger partial charge on any atom is -0.332 e. The van der Waals surface area contributed by atoms with Crippen molar-refractivity contribution in [3.05, 3.63) is 44.8 Å². The van der Waals surface area contributed by atoms with Crippen LogP contribution in [0.2, 0.25) is 0 Å². The van der Waals surface area contributed by atoms with Crippen LogP contribution >= 0.6 is 22.7 Å². The van der Waals surface area contributed by atoms with Gasteiger partial charge in [-0.2, -0.15) is 0 Å². The van der Waals surface area contributed by atoms with Gasteiger partial charge in [0.25, 0.3) is 0 Å². The number of amides is 1. The fraction of sp³-hybridized carbons (Fsp3) is 0.400. The van der Waals surface area contributed by atoms with Crippen LogP contribution in [0.3, 0.4) is 0 Å². The molecular formula is C15H20N2OS2. The van der Waals surface area contributed by atoms with Gasteiger partial charge in [-0.3, -0.25) is 4.79 Å². The second kappa shape index (κ2) is 7.57. The third-order valence-electron chi connectivity index (χ3n) is 3.13. The van der Waals surface area contributed by atoms with Gasteiger partial charge in [-0.05, 0) is 35.4 Å². The molecule has 0 aliphatic rings. The number of nitrogens with two attached hydrogens (primary N) is 1. The first-order valence-electron chi connectivity index (χ1n) is 6.71. The average Bonchev–Trinajstić information content (AvgIpc) is 3.11. The second-order valence-electron chi connectivity index (χ2n) is 4.95. The lowest BCUT2D eigenvalue weighted by Crippen LogP contribution is -2.31. The zero-order chi connectivity index (χ0) is 14.4. The molecule has 1 atom stereocenters. The minimum atomic E-state index is 0.185. The summed E-state index contributed by atoms with van der Waals surface area (Å²) in [6.07, 6.45) is 0.521. The van der Waals surface area contributed by atoms with Crippen LogP contribution < -0.4 is 5.73 Å². The minimum absolute atomic E-state index is 0.185. The summed E-state index contributed by atoms with van der Waals surface area (Å²) in [5.74, 6) is 0.418. The van der Waals surface area contributed by atoms with Crippen LogP contribution in [0.15, 0.2) is 35.0 Å². The van der Waals surface area contributed by atoms with Crippen molar-refractivity contribution in [2.24, 2.45) is 11.7 Å². The van der Waals surface area contributed by atoms with Crippen molar-refractivity contribution >= 4 is 28.6 Å². The highest BCUT2D eigenvalue weighted by Gasteiger charge is 2.17. The van der Waals surface area contributed by atoms with Gasteiger partial charge < -0.3 is 10.6 Å². The Morgan fingerprint density at radius 3 is 2.15 bits per heavy atom. The van der Waals surface area contributed by atoms with Crippen molar-refractivity contribution in [3.63, 3.8) is 0 Å². The van der Waals surface area contributed by atoms with Crippen molar-refractivity contribution in [1.82, 2.24) is 4.90 Å². The van der Waals surface area contributed by atoms with E-state index in [0.29, 0.717) is 26.1 Å². The van der Waals surface area contributed by atoms with E-state index in [9.17, 15) is 4.79 Å². The summed E-state index contributed by atoms with van der Waals surface area (Å²) in [7, 11) is 0. The smallest absolute Gasteiger partial charge is 0.223 e. The molecule has 2 aromatic heterocycles. The molecule has 2 aromatic rings. The Bertz CT molecular complexity index is 472. The summed E-state index contributed by atoms with van der Waals surface area (Å²) in [5.41, 5.74) is 5.63. The summed E-state index contributed by atoms with van der Waals surface area (Å²) in [4.78, 5) is 16.8. The zero-order valence-electron chi connectivity index (χ0n) is 11.6. The van der Waals surface area contributed by atoms with E-state index in [1.165, 1.54) is 9.75 Å². The maximum Gasteiger partial charge on any atom is 0.223 e. The van der Waals surface area contributed by atoms with Crippen molar-refractivity contribution < 1.29 is 4.79 Å². The number of hydrogen-bond donors (Lipinski definition) is 1. The molecule has 1 amide bonds. The van der Waals surface area contributed by atoms with Crippen LogP contribution in [0, 0.1) is 5.92 Å². The molecule has 0 aliphatic carbocycles. The molecule has 2 N–H and O–H groups in total. The third-order valence-corrected chi connectivity index (χ3v) is 4.85. The van der Waals surface area contributed by atoms with Crippen LogP contribution in [-0.4, -0.2) is 17.4 Å². The average molecular weight is 308 g/mol. The lowest BCUT2D eigenvalue weighted by atomic mass is 10.1. The van der Waals surface area contributed by atoms with Crippen LogP contribution in [-0.2, 0) is 17.9 Å². The van der Waals surface area contributed by atoms with E-state index in [1.807, 2.05) is 34.7 Å². The Hall–Kier alpha value is -1.17. The van der Waals surface area contributed by atoms with Crippen LogP contribution in [0.25, 0.3) is 0 Å². The van der Waals surface area contributed by atoms with E-state index < -0.39 is 0 Å². The molecule has 0 spiro atoms. The van der Waals surface area contributed by atoms with E-state index in [0.717, 1.165) is 0 Å². The van der Waals surface area contributed by atoms with Gasteiger partial charge in [0, 0.05) is 16.2 Å². The molecule has 0 aliphatic heterocycles. The first-order chi connectivity index (χ1) is 9.69. The van der Waals surface area contributed by atoms with E-state index in [-0.39, 0.29) is 11.8 Å². The number of thiophene rings is 2. The SMILES string of the molecule is CC(CN)CC(=O)N(Cc1cccs1)Cc1cccs1. The molecule has 0 fully saturated rings. The van der Waals surface area contributed by atoms with E-state index >= 15 is 0 Å². The number of hydrogen-bond acceptors (Lipinski definition) is 4. The Morgan fingerprint density at radius 1 is 1.20 bits per heavy atom. The molecule has 0 aromatic carbocycles. The number of nitrogens with zero attached hydrogens (tertiary/aromatic N) is 1. The first kappa shape index (κ1) is 15.2. The molecule has 5 heteroatoms. The van der Waals surface area contributed by atoms with Gasteiger partial charge in [-0.15, -0.1) is 22.7 Å². The van der Waals surface area contributed by atoms with E-state index in [4.69, 9.17) is 5.73 Å². The number of rotatable bonds is 7. The molecule has 20 heavy (non-hydrogen) atoms. The van der Waals surface area contributed by atoms with Gasteiger partial charge >= 0.3 is 0 Å². The van der Waals surface area contributed by atoms with Crippen molar-refractivity contribution in [3.8, 4) is 0 Å². The quantitative estimate of drug-likeness (QED) is 0.853. The van der Waals surface area contributed by atoms with Gasteiger partial charge in [-0.1, -0.05) is 19.1 Å². The molecule has 0 bridgehead atoms. The van der Waals surface area contributed by atoms with Crippen LogP contribution in [0.1, 0.15) is 23.1 Å². The summed E-state index contributed by atoms with van der Waals surface area (Å²) >= 11 is 3.38. The predicted octanol–water partition coefficient (Wildman–Crippen LogP) is 3.32. The van der Waals surface area contributed by atoms with Crippen molar-refractivity contribution in [2.45, 2.75) is 26.4 Å². The molecule has 0 saturated carbocycles. The normalized spacial score (nSPS) is 12.3. The molecule has 0 radical (unpaired) electrons. The second-order valence-corrected chi connectivity index (χ2v) is 7.02. The highest BCUT2D eigenvalue weighted by atomic mass is 32.1. The summed E-state index contributed by atoms with van der Waals surface area (Å²) < 4.78 is 0. The summed E-state index contributed by atoms with van der Waals surface area (Å²) in [5, 5.41) is 4.09. The Morgan fingerprint density at radius 2 is 1.75 bits per heavy atom. The molecule has 108 valence electrons. The van der Waals surface area contributed by atoms with E-state index in [2.05, 4.69) is 12.1 Å². The molecule has 1 unspecified atom stereocenters. The number of carbonyl (C=O) groups is 1. The monoisotopic (exact) mass is 308 g/mol. The molecule has 2 heterocycles. The van der Waals surface area contributed by atoms with E-state index in [1.54, 1.807) is 22.7 Å². The molecule has 2 rings (SSSR count). The lowest BCUT2D eigenvalue weighted by Gasteiger charge is -2.23. The summed E-state index contributed by atoms with van der Waals surface area (Å²) in [6, 6.07) is 8.20. The third kappa shape index (κ3) is 4.44. The van der Waals surface area contributed by atoms with Crippen LogP contribution in [0.4, 0.5) is 0 Å². The maximum absolute atomic E-state index is 12.4. The lowest BCUT2D eigenvalue weighted by molar-refractivity contribution is -0.133. The van der Waals surface area contributed by atoms with Gasteiger partial charge in [0.1, 0.15) is 0 Å². The summed E-state index contributed by atoms with van der Waals surface area (Å²) in [6.45, 7) is 3.95. The predicted molar refractivity (Wildman–Crippen MR) is 85.7 cm³/mol. The fourth-order valence-corrected chi connectivity index (χ4v) is 3.36. The van der Waals surface area contributed by atoms with Gasteiger partial charge in [0.15, 0.2) is 0 Å². The molecule has 3 nitrogen and oxygen atoms in total. The fourth-order valence-electron chi connectivity index (χ4n) is 1.92. The Labute approximate surface area is 128 Å². The van der Waals surface area contributed by atoms with Crippen molar-refractivity contribution in [2.75, 3.05) is 6.54 Å². The van der Waals surface area contributed by atoms with Gasteiger partial charge in [-0.25, -0.2) is 0 Å². The standard InChI is InChI=1S/C15H20N2OS2/c1-12(9-16)8-15(18)17(10-13-4-2-6-19-13)11-14-5-3-7-20-14/h2-7,12H,8-11,16H2,1H3. The maximum atomic E-state index is 12.4. The Kier molecular flexibility index (Phi) is 5.76. The van der Waals surface area contributed by atoms with Gasteiger partial charge in [0.05, 0.1) is 13.1 Å². The molecule has 0 saturated heterocycles. The first-order valence-corrected chi connectivity index (χ1v) is 8.47. The van der Waals surface area contributed by atoms with Crippen molar-refractivity contribution in [1.29, 1.82) is 0 Å². The Balaban J connectivity index is 2.04. The van der Waals surface area contributed by atoms with Gasteiger partial charge in [0.2, 0.25) is 5.91 Å².